The van der Waals surface area contributed by atoms with Gasteiger partial charge in [-0.2, -0.15) is 0 Å². The number of aryl methyl sites for hydroxylation is 1. The zero-order chi connectivity index (χ0) is 18.2. The fourth-order valence-electron chi connectivity index (χ4n) is 2.01. The van der Waals surface area contributed by atoms with E-state index in [9.17, 15) is 13.6 Å². The van der Waals surface area contributed by atoms with Gasteiger partial charge >= 0.3 is 0 Å². The Morgan fingerprint density at radius 3 is 2.80 bits per heavy atom. The Kier molecular flexibility index (Phi) is 6.85. The maximum absolute atomic E-state index is 12.1. The number of nitrogens with zero attached hydrogens (tertiary/aromatic N) is 2. The Hall–Kier alpha value is -2.51. The molecule has 1 N–H and O–H groups in total. The summed E-state index contributed by atoms with van der Waals surface area (Å²) in [6, 6.07) is 6.68. The lowest BCUT2D eigenvalue weighted by molar-refractivity contribution is -0.121. The molecule has 0 aliphatic heterocycles. The first kappa shape index (κ1) is 18.8. The van der Waals surface area contributed by atoms with Gasteiger partial charge in [0.15, 0.2) is 0 Å². The van der Waals surface area contributed by atoms with Gasteiger partial charge in [-0.25, -0.2) is 8.78 Å². The molecule has 2 aromatic rings. The van der Waals surface area contributed by atoms with E-state index in [1.807, 2.05) is 13.8 Å². The lowest BCUT2D eigenvalue weighted by Crippen LogP contribution is -2.23. The van der Waals surface area contributed by atoms with Crippen molar-refractivity contribution in [2.45, 2.75) is 45.6 Å². The molecule has 6 nitrogen and oxygen atoms in total. The van der Waals surface area contributed by atoms with Crippen molar-refractivity contribution in [1.29, 1.82) is 0 Å². The third-order valence-electron chi connectivity index (χ3n) is 3.31. The number of benzene rings is 1. The molecule has 0 bridgehead atoms. The second-order valence-corrected chi connectivity index (χ2v) is 5.81. The van der Waals surface area contributed by atoms with E-state index in [1.165, 1.54) is 0 Å². The van der Waals surface area contributed by atoms with E-state index in [-0.39, 0.29) is 24.8 Å². The van der Waals surface area contributed by atoms with E-state index >= 15 is 0 Å². The Morgan fingerprint density at radius 1 is 1.32 bits per heavy atom. The normalized spacial score (nSPS) is 11.1. The van der Waals surface area contributed by atoms with Crippen LogP contribution in [0.5, 0.6) is 5.75 Å². The Labute approximate surface area is 144 Å². The third-order valence-corrected chi connectivity index (χ3v) is 3.31. The molecule has 0 atom stereocenters. The molecule has 0 unspecified atom stereocenters. The molecule has 1 amide bonds. The minimum absolute atomic E-state index is 0.148. The summed E-state index contributed by atoms with van der Waals surface area (Å²) in [5, 5.41) is 10.6. The summed E-state index contributed by atoms with van der Waals surface area (Å²) in [7, 11) is 0. The SMILES string of the molecule is CC(C)c1nnc(CCC(=O)NCc2cccc(OCC(F)F)c2)o1. The van der Waals surface area contributed by atoms with Crippen LogP contribution >= 0.6 is 0 Å². The van der Waals surface area contributed by atoms with E-state index in [1.54, 1.807) is 24.3 Å². The number of carbonyl (C=O) groups is 1. The van der Waals surface area contributed by atoms with Crippen LogP contribution in [0.3, 0.4) is 0 Å². The number of rotatable bonds is 9. The number of carbonyl (C=O) groups excluding carboxylic acids is 1. The predicted octanol–water partition coefficient (Wildman–Crippen LogP) is 3.09. The third kappa shape index (κ3) is 6.48. The van der Waals surface area contributed by atoms with E-state index in [4.69, 9.17) is 9.15 Å². The summed E-state index contributed by atoms with van der Waals surface area (Å²) < 4.78 is 34.7. The first-order valence-corrected chi connectivity index (χ1v) is 8.03. The Morgan fingerprint density at radius 2 is 2.12 bits per heavy atom. The summed E-state index contributed by atoms with van der Waals surface area (Å²) in [6.45, 7) is 3.52. The monoisotopic (exact) mass is 353 g/mol. The molecule has 1 aromatic carbocycles. The van der Waals surface area contributed by atoms with Gasteiger partial charge in [0.2, 0.25) is 17.7 Å². The molecule has 0 saturated heterocycles. The van der Waals surface area contributed by atoms with Crippen LogP contribution in [0.25, 0.3) is 0 Å². The molecule has 136 valence electrons. The zero-order valence-corrected chi connectivity index (χ0v) is 14.2. The Balaban J connectivity index is 1.76. The van der Waals surface area contributed by atoms with Crippen molar-refractivity contribution in [1.82, 2.24) is 15.5 Å². The standard InChI is InChI=1S/C17H21F2N3O3/c1-11(2)17-22-21-16(25-17)7-6-15(23)20-9-12-4-3-5-13(8-12)24-10-14(18)19/h3-5,8,11,14H,6-7,9-10H2,1-2H3,(H,20,23). The summed E-state index contributed by atoms with van der Waals surface area (Å²) in [5.41, 5.74) is 0.764. The van der Waals surface area contributed by atoms with Gasteiger partial charge in [0.25, 0.3) is 6.43 Å². The van der Waals surface area contributed by atoms with E-state index < -0.39 is 13.0 Å². The molecule has 8 heteroatoms. The number of halogens is 2. The lowest BCUT2D eigenvalue weighted by Gasteiger charge is -2.08. The van der Waals surface area contributed by atoms with Crippen molar-refractivity contribution in [3.63, 3.8) is 0 Å². The molecule has 0 fully saturated rings. The minimum Gasteiger partial charge on any atom is -0.488 e. The average Bonchev–Trinajstić information content (AvgIpc) is 3.06. The molecule has 0 saturated carbocycles. The van der Waals surface area contributed by atoms with Gasteiger partial charge in [0.05, 0.1) is 0 Å². The summed E-state index contributed by atoms with van der Waals surface area (Å²) in [5.74, 6) is 1.31. The van der Waals surface area contributed by atoms with Crippen LogP contribution in [0.2, 0.25) is 0 Å². The fraction of sp³-hybridized carbons (Fsp3) is 0.471. The lowest BCUT2D eigenvalue weighted by atomic mass is 10.2. The molecule has 1 heterocycles. The van der Waals surface area contributed by atoms with Crippen molar-refractivity contribution in [2.75, 3.05) is 6.61 Å². The van der Waals surface area contributed by atoms with Crippen LogP contribution in [0.4, 0.5) is 8.78 Å². The van der Waals surface area contributed by atoms with Crippen molar-refractivity contribution in [3.05, 3.63) is 41.6 Å². The van der Waals surface area contributed by atoms with Gasteiger partial charge < -0.3 is 14.5 Å². The second kappa shape index (κ2) is 9.10. The van der Waals surface area contributed by atoms with Gasteiger partial charge in [-0.1, -0.05) is 26.0 Å². The number of ether oxygens (including phenoxy) is 1. The predicted molar refractivity (Wildman–Crippen MR) is 86.5 cm³/mol. The maximum atomic E-state index is 12.1. The summed E-state index contributed by atoms with van der Waals surface area (Å²) in [6.07, 6.45) is -1.94. The number of hydrogen-bond donors (Lipinski definition) is 1. The molecule has 0 spiro atoms. The first-order chi connectivity index (χ1) is 11.9. The topological polar surface area (TPSA) is 77.2 Å². The molecule has 1 aromatic heterocycles. The van der Waals surface area contributed by atoms with Crippen LogP contribution < -0.4 is 10.1 Å². The van der Waals surface area contributed by atoms with E-state index in [0.717, 1.165) is 5.56 Å². The Bertz CT molecular complexity index is 689. The molecule has 25 heavy (non-hydrogen) atoms. The highest BCUT2D eigenvalue weighted by molar-refractivity contribution is 5.76. The number of nitrogens with one attached hydrogen (secondary N) is 1. The van der Waals surface area contributed by atoms with Crippen LogP contribution in [-0.4, -0.2) is 29.1 Å². The number of aromatic nitrogens is 2. The smallest absolute Gasteiger partial charge is 0.272 e. The summed E-state index contributed by atoms with van der Waals surface area (Å²) in [4.78, 5) is 11.9. The summed E-state index contributed by atoms with van der Waals surface area (Å²) >= 11 is 0. The first-order valence-electron chi connectivity index (χ1n) is 8.03. The fourth-order valence-corrected chi connectivity index (χ4v) is 2.01. The highest BCUT2D eigenvalue weighted by Gasteiger charge is 2.11. The van der Waals surface area contributed by atoms with Crippen molar-refractivity contribution < 1.29 is 22.7 Å². The number of alkyl halides is 2. The molecule has 2 rings (SSSR count). The average molecular weight is 353 g/mol. The van der Waals surface area contributed by atoms with Crippen LogP contribution in [0, 0.1) is 0 Å². The highest BCUT2D eigenvalue weighted by atomic mass is 19.3. The molecular formula is C17H21F2N3O3. The molecule has 0 radical (unpaired) electrons. The number of hydrogen-bond acceptors (Lipinski definition) is 5. The maximum Gasteiger partial charge on any atom is 0.272 e. The van der Waals surface area contributed by atoms with Crippen molar-refractivity contribution in [2.24, 2.45) is 0 Å². The van der Waals surface area contributed by atoms with Crippen LogP contribution in [-0.2, 0) is 17.8 Å². The van der Waals surface area contributed by atoms with E-state index in [2.05, 4.69) is 15.5 Å². The van der Waals surface area contributed by atoms with Gasteiger partial charge in [-0.15, -0.1) is 10.2 Å². The van der Waals surface area contributed by atoms with Crippen LogP contribution in [0.15, 0.2) is 28.7 Å². The van der Waals surface area contributed by atoms with E-state index in [0.29, 0.717) is 24.0 Å². The molecular weight excluding hydrogens is 332 g/mol. The quantitative estimate of drug-likeness (QED) is 0.750. The van der Waals surface area contributed by atoms with Gasteiger partial charge in [0.1, 0.15) is 12.4 Å². The van der Waals surface area contributed by atoms with Crippen molar-refractivity contribution >= 4 is 5.91 Å². The molecule has 0 aliphatic carbocycles. The number of amides is 1. The van der Waals surface area contributed by atoms with Gasteiger partial charge in [0, 0.05) is 25.3 Å². The van der Waals surface area contributed by atoms with Gasteiger partial charge in [-0.3, -0.25) is 4.79 Å². The largest absolute Gasteiger partial charge is 0.488 e. The molecule has 0 aliphatic rings. The minimum atomic E-state index is -2.52. The van der Waals surface area contributed by atoms with Crippen molar-refractivity contribution in [3.8, 4) is 5.75 Å². The second-order valence-electron chi connectivity index (χ2n) is 5.81. The highest BCUT2D eigenvalue weighted by Crippen LogP contribution is 2.15. The van der Waals surface area contributed by atoms with Gasteiger partial charge in [-0.05, 0) is 17.7 Å². The zero-order valence-electron chi connectivity index (χ0n) is 14.2. The van der Waals surface area contributed by atoms with Crippen LogP contribution in [0.1, 0.15) is 43.5 Å².